The van der Waals surface area contributed by atoms with E-state index < -0.39 is 67.3 Å². The van der Waals surface area contributed by atoms with Crippen LogP contribution in [0.15, 0.2) is 0 Å². The lowest BCUT2D eigenvalue weighted by molar-refractivity contribution is -0.190. The molecule has 0 heterocycles. The van der Waals surface area contributed by atoms with Crippen LogP contribution in [0.3, 0.4) is 0 Å². The molecule has 0 saturated heterocycles. The van der Waals surface area contributed by atoms with E-state index in [1.807, 2.05) is 0 Å². The fourth-order valence-corrected chi connectivity index (χ4v) is 4.34. The molecule has 12 nitrogen and oxygen atoms in total. The van der Waals surface area contributed by atoms with Gasteiger partial charge >= 0.3 is 35.8 Å². The molecule has 248 valence electrons. The lowest BCUT2D eigenvalue weighted by Crippen LogP contribution is -2.47. The monoisotopic (exact) mass is 616 g/mol. The number of carbonyl (C=O) groups excluding carboxylic acids is 5. The Hall–Kier alpha value is -3.18. The Kier molecular flexibility index (Phi) is 23.5. The van der Waals surface area contributed by atoms with Crippen LogP contribution in [0.2, 0.25) is 0 Å². The molecule has 0 rings (SSSR count). The van der Waals surface area contributed by atoms with Gasteiger partial charge in [-0.05, 0) is 6.42 Å². The minimum absolute atomic E-state index is 0.183. The maximum Gasteiger partial charge on any atom is 0.352 e. The molecular formula is C31H52O12. The van der Waals surface area contributed by atoms with E-state index in [0.717, 1.165) is 40.0 Å². The quantitative estimate of drug-likeness (QED) is 0.0765. The van der Waals surface area contributed by atoms with Crippen LogP contribution in [-0.4, -0.2) is 72.4 Å². The van der Waals surface area contributed by atoms with Gasteiger partial charge in [0, 0.05) is 27.2 Å². The minimum Gasteiger partial charge on any atom is -0.478 e. The molecule has 0 saturated carbocycles. The largest absolute Gasteiger partial charge is 0.478 e. The standard InChI is InChI=1S/C31H52O12/c1-5-6-7-8-9-10-11-12-13-14-15-16-17-18-19-20-27(35)39-21-26(41-23(2)32)22-40-31(38)29(43-25(4)34)28(30(36)37)42-24(3)33/h26,28-29H,5-22H2,1-4H3,(H,36,37). The van der Waals surface area contributed by atoms with E-state index in [1.165, 1.54) is 70.6 Å². The highest BCUT2D eigenvalue weighted by molar-refractivity contribution is 5.88. The van der Waals surface area contributed by atoms with Crippen LogP contribution in [0.25, 0.3) is 0 Å². The van der Waals surface area contributed by atoms with Crippen LogP contribution in [-0.2, 0) is 52.5 Å². The third-order valence-electron chi connectivity index (χ3n) is 6.50. The first-order valence-corrected chi connectivity index (χ1v) is 15.5. The van der Waals surface area contributed by atoms with E-state index in [1.54, 1.807) is 0 Å². The predicted octanol–water partition coefficient (Wildman–Crippen LogP) is 5.21. The third-order valence-corrected chi connectivity index (χ3v) is 6.50. The first-order valence-electron chi connectivity index (χ1n) is 15.5. The molecule has 0 aliphatic heterocycles. The summed E-state index contributed by atoms with van der Waals surface area (Å²) in [6, 6.07) is 0. The molecule has 0 amide bonds. The van der Waals surface area contributed by atoms with Crippen LogP contribution in [0, 0.1) is 0 Å². The van der Waals surface area contributed by atoms with Crippen LogP contribution in [0.4, 0.5) is 0 Å². The number of aliphatic carboxylic acids is 1. The zero-order chi connectivity index (χ0) is 32.5. The second-order valence-corrected chi connectivity index (χ2v) is 10.6. The van der Waals surface area contributed by atoms with Gasteiger partial charge in [-0.2, -0.15) is 0 Å². The highest BCUT2D eigenvalue weighted by atomic mass is 16.6. The Morgan fingerprint density at radius 3 is 1.35 bits per heavy atom. The fourth-order valence-electron chi connectivity index (χ4n) is 4.34. The van der Waals surface area contributed by atoms with Crippen LogP contribution in [0.5, 0.6) is 0 Å². The van der Waals surface area contributed by atoms with E-state index in [9.17, 15) is 33.9 Å². The number of hydrogen-bond acceptors (Lipinski definition) is 11. The van der Waals surface area contributed by atoms with Crippen molar-refractivity contribution in [3.8, 4) is 0 Å². The Labute approximate surface area is 255 Å². The second kappa shape index (κ2) is 25.3. The van der Waals surface area contributed by atoms with Gasteiger partial charge in [0.1, 0.15) is 13.2 Å². The van der Waals surface area contributed by atoms with E-state index >= 15 is 0 Å². The number of unbranched alkanes of at least 4 members (excludes halogenated alkanes) is 14. The predicted molar refractivity (Wildman–Crippen MR) is 156 cm³/mol. The summed E-state index contributed by atoms with van der Waals surface area (Å²) >= 11 is 0. The number of carbonyl (C=O) groups is 6. The molecule has 0 radical (unpaired) electrons. The van der Waals surface area contributed by atoms with Gasteiger partial charge in [0.2, 0.25) is 12.2 Å². The van der Waals surface area contributed by atoms with Crippen molar-refractivity contribution >= 4 is 35.8 Å². The lowest BCUT2D eigenvalue weighted by Gasteiger charge is -2.23. The molecule has 3 unspecified atom stereocenters. The summed E-state index contributed by atoms with van der Waals surface area (Å²) < 4.78 is 24.4. The van der Waals surface area contributed by atoms with Crippen molar-refractivity contribution in [1.29, 1.82) is 0 Å². The SMILES string of the molecule is CCCCCCCCCCCCCCCCCC(=O)OCC(COC(=O)C(OC(C)=O)C(OC(C)=O)C(=O)O)OC(C)=O. The maximum absolute atomic E-state index is 12.5. The number of carboxylic acids is 1. The molecule has 3 atom stereocenters. The Morgan fingerprint density at radius 1 is 0.535 bits per heavy atom. The van der Waals surface area contributed by atoms with E-state index in [-0.39, 0.29) is 6.42 Å². The lowest BCUT2D eigenvalue weighted by atomic mass is 10.0. The first kappa shape index (κ1) is 39.8. The van der Waals surface area contributed by atoms with Gasteiger partial charge < -0.3 is 28.8 Å². The Balaban J connectivity index is 4.34. The minimum atomic E-state index is -2.16. The van der Waals surface area contributed by atoms with Crippen molar-refractivity contribution in [2.24, 2.45) is 0 Å². The van der Waals surface area contributed by atoms with Crippen molar-refractivity contribution in [3.05, 3.63) is 0 Å². The van der Waals surface area contributed by atoms with E-state index in [0.29, 0.717) is 6.42 Å². The van der Waals surface area contributed by atoms with Crippen molar-refractivity contribution in [1.82, 2.24) is 0 Å². The molecule has 0 bridgehead atoms. The average molecular weight is 617 g/mol. The molecule has 0 aromatic heterocycles. The molecule has 0 fully saturated rings. The van der Waals surface area contributed by atoms with Gasteiger partial charge in [0.25, 0.3) is 0 Å². The van der Waals surface area contributed by atoms with Crippen molar-refractivity contribution < 1.29 is 57.6 Å². The van der Waals surface area contributed by atoms with Gasteiger partial charge in [-0.3, -0.25) is 19.2 Å². The zero-order valence-corrected chi connectivity index (χ0v) is 26.4. The fraction of sp³-hybridized carbons (Fsp3) is 0.806. The average Bonchev–Trinajstić information content (AvgIpc) is 2.93. The number of rotatable bonds is 26. The van der Waals surface area contributed by atoms with E-state index in [4.69, 9.17) is 18.9 Å². The molecule has 0 aliphatic carbocycles. The van der Waals surface area contributed by atoms with Gasteiger partial charge in [0.15, 0.2) is 6.10 Å². The number of esters is 5. The van der Waals surface area contributed by atoms with Crippen molar-refractivity contribution in [2.45, 2.75) is 149 Å². The molecule has 0 aromatic rings. The Bertz CT molecular complexity index is 841. The number of ether oxygens (including phenoxy) is 5. The van der Waals surface area contributed by atoms with Crippen LogP contribution >= 0.6 is 0 Å². The molecule has 12 heteroatoms. The van der Waals surface area contributed by atoms with Crippen molar-refractivity contribution in [3.63, 3.8) is 0 Å². The van der Waals surface area contributed by atoms with Gasteiger partial charge in [-0.25, -0.2) is 9.59 Å². The highest BCUT2D eigenvalue weighted by Crippen LogP contribution is 2.14. The van der Waals surface area contributed by atoms with E-state index in [2.05, 4.69) is 11.7 Å². The smallest absolute Gasteiger partial charge is 0.352 e. The summed E-state index contributed by atoms with van der Waals surface area (Å²) in [5.74, 6) is -6.40. The number of carboxylic acid groups (broad SMARTS) is 1. The molecule has 0 aromatic carbocycles. The molecule has 1 N–H and O–H groups in total. The van der Waals surface area contributed by atoms with Gasteiger partial charge in [0.05, 0.1) is 0 Å². The normalized spacial score (nSPS) is 12.8. The summed E-state index contributed by atoms with van der Waals surface area (Å²) in [6.45, 7) is 4.14. The van der Waals surface area contributed by atoms with Crippen LogP contribution in [0.1, 0.15) is 130 Å². The molecule has 0 spiro atoms. The van der Waals surface area contributed by atoms with Crippen molar-refractivity contribution in [2.75, 3.05) is 13.2 Å². The summed E-state index contributed by atoms with van der Waals surface area (Å²) in [6.07, 6.45) is 12.8. The summed E-state index contributed by atoms with van der Waals surface area (Å²) in [5, 5.41) is 9.30. The summed E-state index contributed by atoms with van der Waals surface area (Å²) in [7, 11) is 0. The maximum atomic E-state index is 12.5. The zero-order valence-electron chi connectivity index (χ0n) is 26.4. The topological polar surface area (TPSA) is 169 Å². The molecule has 43 heavy (non-hydrogen) atoms. The molecular weight excluding hydrogens is 564 g/mol. The molecule has 0 aliphatic rings. The summed E-state index contributed by atoms with van der Waals surface area (Å²) in [5.41, 5.74) is 0. The highest BCUT2D eigenvalue weighted by Gasteiger charge is 2.41. The third kappa shape index (κ3) is 23.0. The van der Waals surface area contributed by atoms with Crippen LogP contribution < -0.4 is 0 Å². The number of hydrogen-bond donors (Lipinski definition) is 1. The Morgan fingerprint density at radius 2 is 0.930 bits per heavy atom. The summed E-state index contributed by atoms with van der Waals surface area (Å²) in [4.78, 5) is 70.2. The first-order chi connectivity index (χ1) is 20.5. The van der Waals surface area contributed by atoms with Gasteiger partial charge in [-0.15, -0.1) is 0 Å². The van der Waals surface area contributed by atoms with Gasteiger partial charge in [-0.1, -0.05) is 96.8 Å². The second-order valence-electron chi connectivity index (χ2n) is 10.6.